The van der Waals surface area contributed by atoms with Crippen LogP contribution in [0.25, 0.3) is 0 Å². The van der Waals surface area contributed by atoms with Crippen LogP contribution in [0.3, 0.4) is 0 Å². The fraction of sp³-hybridized carbons (Fsp3) is 1.00. The Morgan fingerprint density at radius 2 is 1.80 bits per heavy atom. The van der Waals surface area contributed by atoms with E-state index in [1.807, 2.05) is 0 Å². The molecule has 0 aromatic carbocycles. The molecule has 4 heteroatoms. The first-order valence-electron chi connectivity index (χ1n) is 3.46. The molecule has 10 heavy (non-hydrogen) atoms. The summed E-state index contributed by atoms with van der Waals surface area (Å²) in [5.74, 6) is 0. The molecule has 1 saturated carbocycles. The van der Waals surface area contributed by atoms with Crippen molar-refractivity contribution in [2.45, 2.75) is 37.0 Å². The van der Waals surface area contributed by atoms with Crippen LogP contribution in [0.2, 0.25) is 0 Å². The summed E-state index contributed by atoms with van der Waals surface area (Å²) in [6, 6.07) is 0. The Morgan fingerprint density at radius 1 is 1.30 bits per heavy atom. The van der Waals surface area contributed by atoms with E-state index in [1.54, 1.807) is 0 Å². The van der Waals surface area contributed by atoms with Crippen LogP contribution >= 0.6 is 0 Å². The van der Waals surface area contributed by atoms with Crippen LogP contribution < -0.4 is 0 Å². The van der Waals surface area contributed by atoms with Crippen LogP contribution in [-0.4, -0.2) is 25.2 Å². The van der Waals surface area contributed by atoms with Crippen LogP contribution in [0.15, 0.2) is 0 Å². The molecule has 1 aliphatic carbocycles. The second-order valence-corrected chi connectivity index (χ2v) is 3.88. The van der Waals surface area contributed by atoms with Crippen molar-refractivity contribution < 1.29 is 13.9 Å². The molecule has 1 unspecified atom stereocenters. The summed E-state index contributed by atoms with van der Waals surface area (Å²) in [6.45, 7) is 0. The van der Waals surface area contributed by atoms with E-state index < -0.39 is 11.1 Å². The summed E-state index contributed by atoms with van der Waals surface area (Å²) in [4.78, 5) is 0. The Balaban J connectivity index is 2.33. The summed E-state index contributed by atoms with van der Waals surface area (Å²) < 4.78 is 20.8. The van der Waals surface area contributed by atoms with Crippen molar-refractivity contribution in [1.82, 2.24) is 0 Å². The van der Waals surface area contributed by atoms with Gasteiger partial charge in [-0.3, -0.25) is 4.21 Å². The van der Waals surface area contributed by atoms with Gasteiger partial charge in [-0.05, 0) is 25.7 Å². The first kappa shape index (κ1) is 8.17. The van der Waals surface area contributed by atoms with Crippen LogP contribution in [0.5, 0.6) is 0 Å². The average molecular weight is 163 g/mol. The fourth-order valence-electron chi connectivity index (χ4n) is 1.24. The number of aliphatic hydroxyl groups excluding tert-OH is 1. The minimum absolute atomic E-state index is 0.205. The molecule has 0 spiro atoms. The molecular weight excluding hydrogens is 152 g/mol. The van der Waals surface area contributed by atoms with Crippen molar-refractivity contribution in [3.63, 3.8) is 0 Å². The van der Waals surface area contributed by atoms with Crippen molar-refractivity contribution in [2.75, 3.05) is 0 Å². The minimum atomic E-state index is -1.93. The molecule has 0 radical (unpaired) electrons. The lowest BCUT2D eigenvalue weighted by Crippen LogP contribution is -2.25. The van der Waals surface area contributed by atoms with Gasteiger partial charge in [-0.15, -0.1) is 0 Å². The van der Waals surface area contributed by atoms with Crippen molar-refractivity contribution in [3.05, 3.63) is 0 Å². The van der Waals surface area contributed by atoms with Gasteiger partial charge in [-0.1, -0.05) is 11.1 Å². The summed E-state index contributed by atoms with van der Waals surface area (Å²) in [6.07, 6.45) is 2.26. The van der Waals surface area contributed by atoms with Gasteiger partial charge in [0.15, 0.2) is 0 Å². The summed E-state index contributed by atoms with van der Waals surface area (Å²) >= 11 is -1.93. The van der Waals surface area contributed by atoms with Crippen LogP contribution in [0.4, 0.5) is 0 Å². The van der Waals surface area contributed by atoms with Gasteiger partial charge in [0, 0.05) is 5.25 Å². The SMILES string of the molecule is O=S([O-])C1CCC(O)CC1. The zero-order valence-electron chi connectivity index (χ0n) is 5.66. The molecular formula is C6H11O3S-. The molecule has 0 bridgehead atoms. The second kappa shape index (κ2) is 3.46. The number of aliphatic hydroxyl groups is 1. The quantitative estimate of drug-likeness (QED) is 0.560. The highest BCUT2D eigenvalue weighted by atomic mass is 32.2. The highest BCUT2D eigenvalue weighted by molar-refractivity contribution is 7.79. The summed E-state index contributed by atoms with van der Waals surface area (Å²) in [5, 5.41) is 8.80. The van der Waals surface area contributed by atoms with Gasteiger partial charge < -0.3 is 9.66 Å². The molecule has 0 aliphatic heterocycles. The lowest BCUT2D eigenvalue weighted by atomic mass is 9.97. The standard InChI is InChI=1S/C6H12O3S/c7-5-1-3-6(4-2-5)10(8)9/h5-7H,1-4H2,(H,8,9)/p-1. The largest absolute Gasteiger partial charge is 0.772 e. The van der Waals surface area contributed by atoms with E-state index in [2.05, 4.69) is 0 Å². The first-order valence-corrected chi connectivity index (χ1v) is 4.60. The Bertz CT molecular complexity index is 129. The lowest BCUT2D eigenvalue weighted by molar-refractivity contribution is 0.131. The predicted octanol–water partition coefficient (Wildman–Crippen LogP) is 0.169. The van der Waals surface area contributed by atoms with Crippen molar-refractivity contribution >= 4 is 11.1 Å². The molecule has 3 nitrogen and oxygen atoms in total. The van der Waals surface area contributed by atoms with Gasteiger partial charge in [0.1, 0.15) is 0 Å². The van der Waals surface area contributed by atoms with E-state index in [-0.39, 0.29) is 11.4 Å². The molecule has 0 amide bonds. The minimum Gasteiger partial charge on any atom is -0.772 e. The molecule has 0 aromatic rings. The molecule has 60 valence electrons. The molecule has 0 heterocycles. The third-order valence-corrected chi connectivity index (χ3v) is 2.93. The van der Waals surface area contributed by atoms with Crippen molar-refractivity contribution in [2.24, 2.45) is 0 Å². The first-order chi connectivity index (χ1) is 4.70. The third-order valence-electron chi connectivity index (χ3n) is 1.92. The van der Waals surface area contributed by atoms with E-state index in [9.17, 15) is 8.76 Å². The van der Waals surface area contributed by atoms with Gasteiger partial charge in [0.05, 0.1) is 6.10 Å². The Kier molecular flexibility index (Phi) is 2.82. The number of hydrogen-bond donors (Lipinski definition) is 1. The zero-order valence-corrected chi connectivity index (χ0v) is 6.47. The van der Waals surface area contributed by atoms with Crippen LogP contribution in [-0.2, 0) is 11.1 Å². The van der Waals surface area contributed by atoms with Gasteiger partial charge in [0.25, 0.3) is 0 Å². The maximum atomic E-state index is 10.4. The number of hydrogen-bond acceptors (Lipinski definition) is 3. The molecule has 1 atom stereocenters. The van der Waals surface area contributed by atoms with Gasteiger partial charge in [-0.2, -0.15) is 0 Å². The highest BCUT2D eigenvalue weighted by Crippen LogP contribution is 2.21. The Morgan fingerprint density at radius 3 is 2.20 bits per heavy atom. The van der Waals surface area contributed by atoms with Gasteiger partial charge in [-0.25, -0.2) is 0 Å². The molecule has 1 aliphatic rings. The normalized spacial score (nSPS) is 37.4. The van der Waals surface area contributed by atoms with Gasteiger partial charge in [0.2, 0.25) is 0 Å². The zero-order chi connectivity index (χ0) is 7.56. The van der Waals surface area contributed by atoms with Crippen molar-refractivity contribution in [1.29, 1.82) is 0 Å². The second-order valence-electron chi connectivity index (χ2n) is 2.69. The van der Waals surface area contributed by atoms with E-state index in [0.717, 1.165) is 0 Å². The van der Waals surface area contributed by atoms with E-state index in [0.29, 0.717) is 25.7 Å². The lowest BCUT2D eigenvalue weighted by Gasteiger charge is -2.26. The fourth-order valence-corrected chi connectivity index (χ4v) is 1.89. The van der Waals surface area contributed by atoms with Crippen molar-refractivity contribution in [3.8, 4) is 0 Å². The van der Waals surface area contributed by atoms with Gasteiger partial charge >= 0.3 is 0 Å². The monoisotopic (exact) mass is 163 g/mol. The molecule has 1 rings (SSSR count). The summed E-state index contributed by atoms with van der Waals surface area (Å²) in [5.41, 5.74) is 0. The maximum Gasteiger partial charge on any atom is 0.0541 e. The third kappa shape index (κ3) is 2.04. The number of rotatable bonds is 1. The maximum absolute atomic E-state index is 10.4. The molecule has 1 N–H and O–H groups in total. The van der Waals surface area contributed by atoms with E-state index in [1.165, 1.54) is 0 Å². The molecule has 0 saturated heterocycles. The smallest absolute Gasteiger partial charge is 0.0541 e. The Labute approximate surface area is 62.7 Å². The predicted molar refractivity (Wildman–Crippen MR) is 37.2 cm³/mol. The average Bonchev–Trinajstić information content (AvgIpc) is 1.88. The summed E-state index contributed by atoms with van der Waals surface area (Å²) in [7, 11) is 0. The van der Waals surface area contributed by atoms with E-state index >= 15 is 0 Å². The van der Waals surface area contributed by atoms with E-state index in [4.69, 9.17) is 5.11 Å². The molecule has 1 fully saturated rings. The van der Waals surface area contributed by atoms with Crippen LogP contribution in [0.1, 0.15) is 25.7 Å². The highest BCUT2D eigenvalue weighted by Gasteiger charge is 2.19. The van der Waals surface area contributed by atoms with Crippen LogP contribution in [0, 0.1) is 0 Å². The Hall–Kier alpha value is 0.0700. The topological polar surface area (TPSA) is 60.4 Å². The molecule has 0 aromatic heterocycles.